The molecule has 170 valence electrons. The highest BCUT2D eigenvalue weighted by Crippen LogP contribution is 2.42. The Labute approximate surface area is 191 Å². The summed E-state index contributed by atoms with van der Waals surface area (Å²) in [6.07, 6.45) is 6.09. The fraction of sp³-hybridized carbons (Fsp3) is 0.292. The van der Waals surface area contributed by atoms with E-state index in [4.69, 9.17) is 19.9 Å². The summed E-state index contributed by atoms with van der Waals surface area (Å²) in [6.45, 7) is 3.10. The van der Waals surface area contributed by atoms with Crippen molar-refractivity contribution in [1.82, 2.24) is 14.1 Å². The van der Waals surface area contributed by atoms with Crippen molar-refractivity contribution in [2.45, 2.75) is 32.4 Å². The van der Waals surface area contributed by atoms with Gasteiger partial charge in [0.2, 0.25) is 5.88 Å². The Kier molecular flexibility index (Phi) is 6.09. The van der Waals surface area contributed by atoms with Crippen molar-refractivity contribution in [3.8, 4) is 23.3 Å². The summed E-state index contributed by atoms with van der Waals surface area (Å²) in [6, 6.07) is 9.22. The van der Waals surface area contributed by atoms with Gasteiger partial charge in [0.1, 0.15) is 17.4 Å². The molecule has 0 spiro atoms. The van der Waals surface area contributed by atoms with Crippen molar-refractivity contribution >= 4 is 0 Å². The average molecular weight is 447 g/mol. The minimum Gasteiger partial charge on any atom is -0.493 e. The van der Waals surface area contributed by atoms with Crippen LogP contribution in [-0.4, -0.2) is 28.3 Å². The van der Waals surface area contributed by atoms with E-state index in [1.807, 2.05) is 17.7 Å². The number of rotatable bonds is 7. The number of aryl methyl sites for hydroxylation is 2. The van der Waals surface area contributed by atoms with E-state index >= 15 is 0 Å². The second-order valence-corrected chi connectivity index (χ2v) is 7.71. The number of pyridine rings is 1. The van der Waals surface area contributed by atoms with Crippen LogP contribution in [0.1, 0.15) is 29.2 Å². The highest BCUT2D eigenvalue weighted by molar-refractivity contribution is 5.57. The van der Waals surface area contributed by atoms with Gasteiger partial charge in [-0.25, -0.2) is 4.98 Å². The molecule has 1 aliphatic heterocycles. The second-order valence-electron chi connectivity index (χ2n) is 7.71. The van der Waals surface area contributed by atoms with Gasteiger partial charge in [0, 0.05) is 37.2 Å². The fourth-order valence-corrected chi connectivity index (χ4v) is 4.16. The third-order valence-electron chi connectivity index (χ3n) is 5.79. The Morgan fingerprint density at radius 3 is 2.67 bits per heavy atom. The molecule has 1 aromatic carbocycles. The molecule has 0 fully saturated rings. The van der Waals surface area contributed by atoms with Crippen molar-refractivity contribution in [3.63, 3.8) is 0 Å². The Morgan fingerprint density at radius 1 is 1.21 bits per heavy atom. The van der Waals surface area contributed by atoms with Crippen LogP contribution in [0, 0.1) is 18.3 Å². The number of aromatic nitrogens is 3. The van der Waals surface area contributed by atoms with Gasteiger partial charge in [0.15, 0.2) is 11.5 Å². The number of methoxy groups -OCH3 is 2. The molecule has 9 heteroatoms. The highest BCUT2D eigenvalue weighted by Gasteiger charge is 2.34. The summed E-state index contributed by atoms with van der Waals surface area (Å²) in [5, 5.41) is 9.87. The van der Waals surface area contributed by atoms with Crippen LogP contribution < -0.4 is 25.5 Å². The molecule has 0 radical (unpaired) electrons. The Balaban J connectivity index is 1.80. The molecule has 2 aromatic heterocycles. The first kappa shape index (κ1) is 22.0. The topological polar surface area (TPSA) is 117 Å². The van der Waals surface area contributed by atoms with Crippen LogP contribution in [0.25, 0.3) is 0 Å². The first-order valence-electron chi connectivity index (χ1n) is 10.5. The van der Waals surface area contributed by atoms with Crippen molar-refractivity contribution in [2.75, 3.05) is 14.2 Å². The molecular formula is C24H25N5O4. The summed E-state index contributed by atoms with van der Waals surface area (Å²) < 4.78 is 20.2. The van der Waals surface area contributed by atoms with Gasteiger partial charge in [-0.2, -0.15) is 5.26 Å². The zero-order valence-corrected chi connectivity index (χ0v) is 18.7. The average Bonchev–Trinajstić information content (AvgIpc) is 3.33. The minimum absolute atomic E-state index is 0.0126. The maximum Gasteiger partial charge on any atom is 0.258 e. The van der Waals surface area contributed by atoms with E-state index in [9.17, 15) is 10.1 Å². The maximum absolute atomic E-state index is 13.7. The lowest BCUT2D eigenvalue weighted by Gasteiger charge is -2.27. The van der Waals surface area contributed by atoms with Gasteiger partial charge in [0.25, 0.3) is 5.56 Å². The number of ether oxygens (including phenoxy) is 3. The summed E-state index contributed by atoms with van der Waals surface area (Å²) >= 11 is 0. The smallest absolute Gasteiger partial charge is 0.258 e. The van der Waals surface area contributed by atoms with E-state index < -0.39 is 5.92 Å². The van der Waals surface area contributed by atoms with E-state index in [-0.39, 0.29) is 17.0 Å². The minimum atomic E-state index is -0.688. The van der Waals surface area contributed by atoms with Crippen molar-refractivity contribution in [2.24, 2.45) is 5.73 Å². The molecule has 0 aliphatic carbocycles. The number of hydrogen-bond donors (Lipinski definition) is 1. The van der Waals surface area contributed by atoms with E-state index in [0.717, 1.165) is 18.7 Å². The van der Waals surface area contributed by atoms with E-state index in [1.54, 1.807) is 48.5 Å². The number of nitriles is 1. The van der Waals surface area contributed by atoms with E-state index in [2.05, 4.69) is 11.1 Å². The molecule has 1 aliphatic rings. The third kappa shape index (κ3) is 4.03. The molecular weight excluding hydrogens is 422 g/mol. The van der Waals surface area contributed by atoms with Gasteiger partial charge in [-0.1, -0.05) is 6.07 Å². The lowest BCUT2D eigenvalue weighted by Crippen LogP contribution is -2.33. The maximum atomic E-state index is 13.7. The Bertz CT molecular complexity index is 1300. The SMILES string of the molecule is COc1ccc(C2C(C#N)=C(N)Oc3cc(C)n(CCCn4ccnc4)c(=O)c32)cc1OC. The van der Waals surface area contributed by atoms with Crippen molar-refractivity contribution in [1.29, 1.82) is 5.26 Å². The third-order valence-corrected chi connectivity index (χ3v) is 5.79. The number of nitrogens with zero attached hydrogens (tertiary/aromatic N) is 4. The number of benzene rings is 1. The predicted molar refractivity (Wildman–Crippen MR) is 121 cm³/mol. The monoisotopic (exact) mass is 447 g/mol. The molecule has 0 amide bonds. The zero-order chi connectivity index (χ0) is 23.5. The molecule has 0 saturated heterocycles. The van der Waals surface area contributed by atoms with Crippen LogP contribution >= 0.6 is 0 Å². The Hall–Kier alpha value is -4.19. The number of allylic oxidation sites excluding steroid dienone is 1. The van der Waals surface area contributed by atoms with Gasteiger partial charge in [0.05, 0.1) is 32.0 Å². The summed E-state index contributed by atoms with van der Waals surface area (Å²) in [7, 11) is 3.08. The molecule has 0 bridgehead atoms. The number of imidazole rings is 1. The van der Waals surface area contributed by atoms with Crippen LogP contribution in [0.5, 0.6) is 17.2 Å². The first-order chi connectivity index (χ1) is 16.0. The molecule has 1 unspecified atom stereocenters. The molecule has 1 atom stereocenters. The van der Waals surface area contributed by atoms with E-state index in [0.29, 0.717) is 34.9 Å². The summed E-state index contributed by atoms with van der Waals surface area (Å²) in [5.74, 6) is 0.698. The lowest BCUT2D eigenvalue weighted by atomic mass is 9.84. The van der Waals surface area contributed by atoms with Gasteiger partial charge in [-0.3, -0.25) is 4.79 Å². The van der Waals surface area contributed by atoms with Crippen molar-refractivity contribution in [3.05, 3.63) is 81.6 Å². The van der Waals surface area contributed by atoms with Crippen LogP contribution in [0.4, 0.5) is 0 Å². The van der Waals surface area contributed by atoms with Crippen LogP contribution in [0.3, 0.4) is 0 Å². The van der Waals surface area contributed by atoms with Crippen LogP contribution in [0.15, 0.2) is 59.2 Å². The zero-order valence-electron chi connectivity index (χ0n) is 18.7. The van der Waals surface area contributed by atoms with Crippen LogP contribution in [-0.2, 0) is 13.1 Å². The van der Waals surface area contributed by atoms with Crippen molar-refractivity contribution < 1.29 is 14.2 Å². The van der Waals surface area contributed by atoms with Gasteiger partial charge in [-0.05, 0) is 31.0 Å². The molecule has 4 rings (SSSR count). The van der Waals surface area contributed by atoms with E-state index in [1.165, 1.54) is 7.11 Å². The molecule has 3 aromatic rings. The normalized spacial score (nSPS) is 14.9. The summed E-state index contributed by atoms with van der Waals surface area (Å²) in [5.41, 5.74) is 7.87. The molecule has 2 N–H and O–H groups in total. The van der Waals surface area contributed by atoms with Crippen LogP contribution in [0.2, 0.25) is 0 Å². The fourth-order valence-electron chi connectivity index (χ4n) is 4.16. The molecule has 33 heavy (non-hydrogen) atoms. The highest BCUT2D eigenvalue weighted by atomic mass is 16.5. The molecule has 3 heterocycles. The first-order valence-corrected chi connectivity index (χ1v) is 10.5. The molecule has 0 saturated carbocycles. The number of fused-ring (bicyclic) bond motifs is 1. The molecule has 9 nitrogen and oxygen atoms in total. The number of nitrogens with two attached hydrogens (primary N) is 1. The lowest BCUT2D eigenvalue weighted by molar-refractivity contribution is 0.354. The predicted octanol–water partition coefficient (Wildman–Crippen LogP) is 2.68. The standard InChI is InChI=1S/C24H25N5O4/c1-15-11-20-22(24(30)29(15)9-4-8-28-10-7-27-14-28)21(17(13-25)23(26)33-20)16-5-6-18(31-2)19(12-16)32-3/h5-7,10-12,14,21H,4,8-9,26H2,1-3H3. The quantitative estimate of drug-likeness (QED) is 0.592. The Morgan fingerprint density at radius 2 is 2.00 bits per heavy atom. The second kappa shape index (κ2) is 9.12. The largest absolute Gasteiger partial charge is 0.493 e. The number of hydrogen-bond acceptors (Lipinski definition) is 7. The van der Waals surface area contributed by atoms with Gasteiger partial charge < -0.3 is 29.1 Å². The summed E-state index contributed by atoms with van der Waals surface area (Å²) in [4.78, 5) is 17.7. The van der Waals surface area contributed by atoms with Gasteiger partial charge in [-0.15, -0.1) is 0 Å². The van der Waals surface area contributed by atoms with Gasteiger partial charge >= 0.3 is 0 Å².